The average molecular weight is 529 g/mol. The summed E-state index contributed by atoms with van der Waals surface area (Å²) in [5, 5.41) is 24.1. The van der Waals surface area contributed by atoms with Gasteiger partial charge in [0.05, 0.1) is 19.3 Å². The van der Waals surface area contributed by atoms with Crippen molar-refractivity contribution in [2.45, 2.75) is 37.1 Å². The maximum absolute atomic E-state index is 14.0. The Hall–Kier alpha value is -3.40. The number of fused-ring (bicyclic) bond motifs is 1. The second-order valence-electron chi connectivity index (χ2n) is 9.34. The van der Waals surface area contributed by atoms with Gasteiger partial charge in [0.2, 0.25) is 0 Å². The summed E-state index contributed by atoms with van der Waals surface area (Å²) in [7, 11) is 1.50. The van der Waals surface area contributed by atoms with E-state index in [0.717, 1.165) is 11.6 Å². The number of hydrogen-bond donors (Lipinski definition) is 3. The number of benzene rings is 3. The molecule has 38 heavy (non-hydrogen) atoms. The van der Waals surface area contributed by atoms with Gasteiger partial charge >= 0.3 is 6.18 Å². The molecule has 0 fully saturated rings. The Balaban J connectivity index is 1.62. The van der Waals surface area contributed by atoms with Crippen LogP contribution in [0.2, 0.25) is 0 Å². The lowest BCUT2D eigenvalue weighted by Gasteiger charge is -2.27. The summed E-state index contributed by atoms with van der Waals surface area (Å²) in [5.41, 5.74) is 0.824. The van der Waals surface area contributed by atoms with Crippen LogP contribution in [0.4, 0.5) is 18.9 Å². The number of hydrogen-bond acceptors (Lipinski definition) is 5. The predicted octanol–water partition coefficient (Wildman–Crippen LogP) is 3.94. The predicted molar refractivity (Wildman–Crippen MR) is 138 cm³/mol. The zero-order chi connectivity index (χ0) is 27.3. The van der Waals surface area contributed by atoms with E-state index in [1.54, 1.807) is 24.3 Å². The van der Waals surface area contributed by atoms with Crippen molar-refractivity contribution in [2.24, 2.45) is 0 Å². The fourth-order valence-electron chi connectivity index (χ4n) is 4.95. The molecule has 0 unspecified atom stereocenters. The maximum atomic E-state index is 14.0. The van der Waals surface area contributed by atoms with Gasteiger partial charge in [0.15, 0.2) is 0 Å². The molecule has 1 heterocycles. The zero-order valence-electron chi connectivity index (χ0n) is 21.0. The first-order chi connectivity index (χ1) is 18.2. The highest BCUT2D eigenvalue weighted by Crippen LogP contribution is 2.42. The van der Waals surface area contributed by atoms with Crippen molar-refractivity contribution in [3.05, 3.63) is 95.1 Å². The van der Waals surface area contributed by atoms with Crippen molar-refractivity contribution < 1.29 is 32.9 Å². The summed E-state index contributed by atoms with van der Waals surface area (Å²) < 4.78 is 47.3. The van der Waals surface area contributed by atoms with Gasteiger partial charge in [-0.15, -0.1) is 0 Å². The van der Waals surface area contributed by atoms with Crippen LogP contribution in [-0.2, 0) is 23.8 Å². The summed E-state index contributed by atoms with van der Waals surface area (Å²) in [6, 6.07) is 19.6. The van der Waals surface area contributed by atoms with Gasteiger partial charge in [-0.05, 0) is 53.8 Å². The van der Waals surface area contributed by atoms with Crippen molar-refractivity contribution in [1.82, 2.24) is 5.32 Å². The van der Waals surface area contributed by atoms with Gasteiger partial charge in [0, 0.05) is 30.7 Å². The molecule has 1 aliphatic heterocycles. The maximum Gasteiger partial charge on any atom is 0.416 e. The molecule has 0 radical (unpaired) electrons. The molecule has 1 aliphatic rings. The van der Waals surface area contributed by atoms with Crippen LogP contribution < -0.4 is 15.0 Å². The van der Waals surface area contributed by atoms with E-state index in [-0.39, 0.29) is 43.4 Å². The first kappa shape index (κ1) is 27.6. The molecule has 3 N–H and O–H groups in total. The Morgan fingerprint density at radius 1 is 1.05 bits per heavy atom. The molecule has 0 bridgehead atoms. The minimum atomic E-state index is -4.63. The molecule has 0 saturated heterocycles. The summed E-state index contributed by atoms with van der Waals surface area (Å²) >= 11 is 0. The van der Waals surface area contributed by atoms with Crippen LogP contribution in [0, 0.1) is 0 Å². The fraction of sp³-hybridized carbons (Fsp3) is 0.345. The van der Waals surface area contributed by atoms with Crippen LogP contribution in [0.25, 0.3) is 0 Å². The molecule has 4 rings (SSSR count). The van der Waals surface area contributed by atoms with Crippen molar-refractivity contribution in [3.63, 3.8) is 0 Å². The molecule has 202 valence electrons. The monoisotopic (exact) mass is 528 g/mol. The van der Waals surface area contributed by atoms with Crippen molar-refractivity contribution in [2.75, 3.05) is 31.7 Å². The van der Waals surface area contributed by atoms with E-state index >= 15 is 0 Å². The number of anilines is 1. The minimum Gasteiger partial charge on any atom is -0.497 e. The molecule has 3 aromatic rings. The Morgan fingerprint density at radius 2 is 1.76 bits per heavy atom. The number of carbonyl (C=O) groups excluding carboxylic acids is 1. The van der Waals surface area contributed by atoms with E-state index in [0.29, 0.717) is 17.7 Å². The lowest BCUT2D eigenvalue weighted by molar-refractivity contribution is -0.138. The van der Waals surface area contributed by atoms with Crippen LogP contribution in [0.3, 0.4) is 0 Å². The minimum absolute atomic E-state index is 0.0187. The summed E-state index contributed by atoms with van der Waals surface area (Å²) in [4.78, 5) is 14.7. The second kappa shape index (κ2) is 12.0. The SMILES string of the molecule is COc1ccc([C@H]2Cc3c(cccc3C(F)(F)F)N(CCN[C@@H](CO)Cc3ccccc3)C(=O)[C@H]2O)cc1. The molecule has 0 saturated carbocycles. The molecular formula is C29H31F3N2O4. The van der Waals surface area contributed by atoms with E-state index in [2.05, 4.69) is 5.32 Å². The van der Waals surface area contributed by atoms with Crippen LogP contribution in [-0.4, -0.2) is 55.1 Å². The fourth-order valence-corrected chi connectivity index (χ4v) is 4.95. The molecule has 0 spiro atoms. The van der Waals surface area contributed by atoms with Crippen LogP contribution >= 0.6 is 0 Å². The van der Waals surface area contributed by atoms with E-state index in [4.69, 9.17) is 4.74 Å². The molecular weight excluding hydrogens is 497 g/mol. The third-order valence-electron chi connectivity index (χ3n) is 6.93. The first-order valence-electron chi connectivity index (χ1n) is 12.4. The van der Waals surface area contributed by atoms with Gasteiger partial charge in [-0.2, -0.15) is 13.2 Å². The molecule has 0 aliphatic carbocycles. The number of aliphatic hydroxyl groups is 2. The normalized spacial score (nSPS) is 18.6. The van der Waals surface area contributed by atoms with E-state index < -0.39 is 29.7 Å². The number of carbonyl (C=O) groups is 1. The number of aliphatic hydroxyl groups excluding tert-OH is 2. The van der Waals surface area contributed by atoms with Gasteiger partial charge in [-0.3, -0.25) is 4.79 Å². The molecule has 1 amide bonds. The highest BCUT2D eigenvalue weighted by Gasteiger charge is 2.41. The smallest absolute Gasteiger partial charge is 0.416 e. The van der Waals surface area contributed by atoms with Crippen molar-refractivity contribution >= 4 is 11.6 Å². The number of nitrogens with zero attached hydrogens (tertiary/aromatic N) is 1. The molecule has 3 aromatic carbocycles. The Morgan fingerprint density at radius 3 is 2.39 bits per heavy atom. The number of rotatable bonds is 9. The van der Waals surface area contributed by atoms with E-state index in [1.165, 1.54) is 24.1 Å². The average Bonchev–Trinajstić information content (AvgIpc) is 3.02. The van der Waals surface area contributed by atoms with Crippen molar-refractivity contribution in [1.29, 1.82) is 0 Å². The van der Waals surface area contributed by atoms with Crippen LogP contribution in [0.15, 0.2) is 72.8 Å². The number of nitrogens with one attached hydrogen (secondary N) is 1. The lowest BCUT2D eigenvalue weighted by Crippen LogP contribution is -2.46. The third-order valence-corrected chi connectivity index (χ3v) is 6.93. The number of methoxy groups -OCH3 is 1. The summed E-state index contributed by atoms with van der Waals surface area (Å²) in [6.45, 7) is 0.0735. The third kappa shape index (κ3) is 6.18. The standard InChI is InChI=1S/C29H31F3N2O4/c1-38-22-12-10-20(11-13-22)23-17-24-25(29(30,31)32)8-5-9-26(24)34(28(37)27(23)36)15-14-33-21(18-35)16-19-6-3-2-4-7-19/h2-13,21,23,27,33,35-36H,14-18H2,1H3/t21-,23-,27+/m1/s1. The largest absolute Gasteiger partial charge is 0.497 e. The van der Waals surface area contributed by atoms with Crippen LogP contribution in [0.1, 0.15) is 28.2 Å². The Kier molecular flexibility index (Phi) is 8.71. The molecule has 0 aromatic heterocycles. The number of halogens is 3. The molecule has 9 heteroatoms. The quantitative estimate of drug-likeness (QED) is 0.392. The van der Waals surface area contributed by atoms with Gasteiger partial charge in [-0.25, -0.2) is 0 Å². The van der Waals surface area contributed by atoms with Crippen molar-refractivity contribution in [3.8, 4) is 5.75 Å². The number of alkyl halides is 3. The van der Waals surface area contributed by atoms with Gasteiger partial charge < -0.3 is 25.2 Å². The lowest BCUT2D eigenvalue weighted by atomic mass is 9.86. The van der Waals surface area contributed by atoms with Gasteiger partial charge in [-0.1, -0.05) is 48.5 Å². The topological polar surface area (TPSA) is 82.0 Å². The van der Waals surface area contributed by atoms with Crippen LogP contribution in [0.5, 0.6) is 5.75 Å². The first-order valence-corrected chi connectivity index (χ1v) is 12.4. The highest BCUT2D eigenvalue weighted by molar-refractivity contribution is 5.99. The highest BCUT2D eigenvalue weighted by atomic mass is 19.4. The zero-order valence-corrected chi connectivity index (χ0v) is 21.0. The van der Waals surface area contributed by atoms with Gasteiger partial charge in [0.1, 0.15) is 11.9 Å². The number of ether oxygens (including phenoxy) is 1. The number of amides is 1. The second-order valence-corrected chi connectivity index (χ2v) is 9.34. The molecule has 6 nitrogen and oxygen atoms in total. The Bertz CT molecular complexity index is 1220. The van der Waals surface area contributed by atoms with E-state index in [9.17, 15) is 28.2 Å². The summed E-state index contributed by atoms with van der Waals surface area (Å²) in [5.74, 6) is -0.993. The Labute approximate surface area is 219 Å². The molecule has 3 atom stereocenters. The summed E-state index contributed by atoms with van der Waals surface area (Å²) in [6.07, 6.45) is -5.80. The van der Waals surface area contributed by atoms with E-state index in [1.807, 2.05) is 30.3 Å². The van der Waals surface area contributed by atoms with Gasteiger partial charge in [0.25, 0.3) is 5.91 Å².